The minimum atomic E-state index is -0.842. The number of nitrogens with zero attached hydrogens (tertiary/aromatic N) is 1. The Balaban J connectivity index is 1.69. The summed E-state index contributed by atoms with van der Waals surface area (Å²) in [7, 11) is 1.50. The summed E-state index contributed by atoms with van der Waals surface area (Å²) < 4.78 is 11.6. The summed E-state index contributed by atoms with van der Waals surface area (Å²) in [5.41, 5.74) is 2.23. The van der Waals surface area contributed by atoms with Gasteiger partial charge in [0.15, 0.2) is 11.5 Å². The highest BCUT2D eigenvalue weighted by atomic mass is 35.5. The fourth-order valence-corrected chi connectivity index (χ4v) is 4.03. The molecule has 3 aromatic rings. The maximum Gasteiger partial charge on any atom is 0.335 e. The molecular weight excluding hydrogens is 515 g/mol. The van der Waals surface area contributed by atoms with Gasteiger partial charge in [0.1, 0.15) is 12.2 Å². The lowest BCUT2D eigenvalue weighted by Crippen LogP contribution is -2.54. The number of methoxy groups -OCH3 is 1. The summed E-state index contributed by atoms with van der Waals surface area (Å²) in [5.74, 6) is -0.637. The summed E-state index contributed by atoms with van der Waals surface area (Å²) in [6, 6.07) is 16.0. The Hall–Kier alpha value is -4.07. The van der Waals surface area contributed by atoms with Crippen LogP contribution in [0.1, 0.15) is 16.7 Å². The molecule has 1 fully saturated rings. The molecule has 1 saturated heterocycles. The van der Waals surface area contributed by atoms with Crippen molar-refractivity contribution in [3.63, 3.8) is 0 Å². The number of anilines is 1. The van der Waals surface area contributed by atoms with E-state index in [1.165, 1.54) is 25.3 Å². The molecule has 1 aliphatic heterocycles. The number of hydrogen-bond donors (Lipinski definition) is 1. The van der Waals surface area contributed by atoms with E-state index in [1.54, 1.807) is 42.5 Å². The molecule has 4 amide bonds. The molecule has 0 radical (unpaired) electrons. The molecule has 0 saturated carbocycles. The predicted octanol–water partition coefficient (Wildman–Crippen LogP) is 5.98. The van der Waals surface area contributed by atoms with E-state index in [1.807, 2.05) is 12.1 Å². The van der Waals surface area contributed by atoms with Crippen molar-refractivity contribution in [1.29, 1.82) is 0 Å². The van der Waals surface area contributed by atoms with Crippen LogP contribution in [0.15, 0.2) is 78.9 Å². The van der Waals surface area contributed by atoms with Crippen LogP contribution >= 0.6 is 23.2 Å². The standard InChI is InChI=1S/C28H22Cl2N2O5/c1-3-4-19-13-18(15-24(36-2)25(19)37-16-17-5-7-20(29)8-6-17)14-23-26(33)31-28(35)32(27(23)34)22-11-9-21(30)10-12-22/h3,5-15H,1,4,16H2,2H3,(H,31,33,35)/b23-14+. The summed E-state index contributed by atoms with van der Waals surface area (Å²) in [6.07, 6.45) is 3.56. The van der Waals surface area contributed by atoms with Crippen LogP contribution < -0.4 is 19.7 Å². The quantitative estimate of drug-likeness (QED) is 0.217. The molecule has 7 nitrogen and oxygen atoms in total. The van der Waals surface area contributed by atoms with Gasteiger partial charge in [-0.25, -0.2) is 9.69 Å². The zero-order valence-corrected chi connectivity index (χ0v) is 21.3. The number of allylic oxidation sites excluding steroid dienone is 1. The number of imide groups is 2. The minimum absolute atomic E-state index is 0.212. The Kier molecular flexibility index (Phi) is 7.96. The van der Waals surface area contributed by atoms with Crippen LogP contribution in [0.5, 0.6) is 11.5 Å². The Morgan fingerprint density at radius 3 is 2.24 bits per heavy atom. The van der Waals surface area contributed by atoms with E-state index >= 15 is 0 Å². The monoisotopic (exact) mass is 536 g/mol. The number of nitrogens with one attached hydrogen (secondary N) is 1. The first-order valence-electron chi connectivity index (χ1n) is 11.2. The zero-order chi connectivity index (χ0) is 26.5. The molecule has 0 aromatic heterocycles. The van der Waals surface area contributed by atoms with Gasteiger partial charge >= 0.3 is 6.03 Å². The zero-order valence-electron chi connectivity index (χ0n) is 19.8. The number of carbonyl (C=O) groups excluding carboxylic acids is 3. The van der Waals surface area contributed by atoms with Crippen LogP contribution in [-0.4, -0.2) is 25.0 Å². The van der Waals surface area contributed by atoms with Crippen molar-refractivity contribution in [1.82, 2.24) is 5.32 Å². The number of amides is 4. The second kappa shape index (κ2) is 11.3. The molecule has 9 heteroatoms. The lowest BCUT2D eigenvalue weighted by Gasteiger charge is -2.26. The van der Waals surface area contributed by atoms with Crippen molar-refractivity contribution in [3.05, 3.63) is 106 Å². The predicted molar refractivity (Wildman–Crippen MR) is 143 cm³/mol. The number of hydrogen-bond acceptors (Lipinski definition) is 5. The molecule has 0 atom stereocenters. The molecule has 1 N–H and O–H groups in total. The van der Waals surface area contributed by atoms with Crippen molar-refractivity contribution >= 4 is 52.8 Å². The second-order valence-electron chi connectivity index (χ2n) is 8.05. The molecule has 0 bridgehead atoms. The lowest BCUT2D eigenvalue weighted by atomic mass is 10.0. The number of ether oxygens (including phenoxy) is 2. The van der Waals surface area contributed by atoms with Crippen LogP contribution in [0.2, 0.25) is 10.0 Å². The highest BCUT2D eigenvalue weighted by molar-refractivity contribution is 6.39. The minimum Gasteiger partial charge on any atom is -0.493 e. The van der Waals surface area contributed by atoms with E-state index in [9.17, 15) is 14.4 Å². The molecular formula is C28H22Cl2N2O5. The van der Waals surface area contributed by atoms with Crippen LogP contribution in [0.25, 0.3) is 6.08 Å². The lowest BCUT2D eigenvalue weighted by molar-refractivity contribution is -0.122. The third kappa shape index (κ3) is 5.85. The first-order chi connectivity index (χ1) is 17.8. The molecule has 1 heterocycles. The van der Waals surface area contributed by atoms with E-state index in [0.717, 1.165) is 16.0 Å². The average molecular weight is 537 g/mol. The van der Waals surface area contributed by atoms with E-state index in [0.29, 0.717) is 33.5 Å². The number of urea groups is 1. The number of rotatable bonds is 8. The maximum atomic E-state index is 13.2. The first kappa shape index (κ1) is 26.0. The largest absolute Gasteiger partial charge is 0.493 e. The van der Waals surface area contributed by atoms with Crippen LogP contribution in [0.3, 0.4) is 0 Å². The van der Waals surface area contributed by atoms with Crippen molar-refractivity contribution in [3.8, 4) is 11.5 Å². The van der Waals surface area contributed by atoms with Gasteiger partial charge in [-0.3, -0.25) is 14.9 Å². The Morgan fingerprint density at radius 1 is 0.973 bits per heavy atom. The SMILES string of the molecule is C=CCc1cc(/C=C2\C(=O)NC(=O)N(c3ccc(Cl)cc3)C2=O)cc(OC)c1OCc1ccc(Cl)cc1. The van der Waals surface area contributed by atoms with Gasteiger partial charge in [-0.1, -0.05) is 41.4 Å². The summed E-state index contributed by atoms with van der Waals surface area (Å²) in [5, 5.41) is 3.28. The van der Waals surface area contributed by atoms with E-state index in [-0.39, 0.29) is 17.9 Å². The number of halogens is 2. The Labute approximate surface area is 223 Å². The van der Waals surface area contributed by atoms with Crippen molar-refractivity contribution in [2.45, 2.75) is 13.0 Å². The van der Waals surface area contributed by atoms with Gasteiger partial charge in [-0.05, 0) is 72.2 Å². The van der Waals surface area contributed by atoms with Crippen LogP contribution in [0, 0.1) is 0 Å². The Bertz CT molecular complexity index is 1400. The number of benzene rings is 3. The van der Waals surface area contributed by atoms with Gasteiger partial charge in [0.2, 0.25) is 0 Å². The van der Waals surface area contributed by atoms with Gasteiger partial charge < -0.3 is 9.47 Å². The molecule has 3 aromatic carbocycles. The summed E-state index contributed by atoms with van der Waals surface area (Å²) in [6.45, 7) is 4.08. The van der Waals surface area contributed by atoms with Gasteiger partial charge in [0.05, 0.1) is 12.8 Å². The third-order valence-electron chi connectivity index (χ3n) is 5.53. The molecule has 0 aliphatic carbocycles. The van der Waals surface area contributed by atoms with Crippen molar-refractivity contribution in [2.24, 2.45) is 0 Å². The summed E-state index contributed by atoms with van der Waals surface area (Å²) >= 11 is 11.9. The fraction of sp³-hybridized carbons (Fsp3) is 0.107. The molecule has 1 aliphatic rings. The van der Waals surface area contributed by atoms with E-state index in [4.69, 9.17) is 32.7 Å². The van der Waals surface area contributed by atoms with Crippen LogP contribution in [0.4, 0.5) is 10.5 Å². The van der Waals surface area contributed by atoms with Crippen molar-refractivity contribution < 1.29 is 23.9 Å². The van der Waals surface area contributed by atoms with E-state index in [2.05, 4.69) is 11.9 Å². The maximum absolute atomic E-state index is 13.2. The number of barbiturate groups is 1. The van der Waals surface area contributed by atoms with Gasteiger partial charge in [0.25, 0.3) is 11.8 Å². The smallest absolute Gasteiger partial charge is 0.335 e. The normalized spacial score (nSPS) is 14.5. The highest BCUT2D eigenvalue weighted by Gasteiger charge is 2.36. The fourth-order valence-electron chi connectivity index (χ4n) is 3.77. The van der Waals surface area contributed by atoms with Gasteiger partial charge in [-0.2, -0.15) is 0 Å². The third-order valence-corrected chi connectivity index (χ3v) is 6.04. The number of carbonyl (C=O) groups is 3. The van der Waals surface area contributed by atoms with E-state index < -0.39 is 17.8 Å². The second-order valence-corrected chi connectivity index (χ2v) is 8.93. The summed E-state index contributed by atoms with van der Waals surface area (Å²) in [4.78, 5) is 39.2. The van der Waals surface area contributed by atoms with Gasteiger partial charge in [0, 0.05) is 15.6 Å². The topological polar surface area (TPSA) is 84.9 Å². The highest BCUT2D eigenvalue weighted by Crippen LogP contribution is 2.35. The molecule has 188 valence electrons. The Morgan fingerprint density at radius 2 is 1.62 bits per heavy atom. The first-order valence-corrected chi connectivity index (χ1v) is 11.9. The molecule has 0 spiro atoms. The molecule has 37 heavy (non-hydrogen) atoms. The van der Waals surface area contributed by atoms with Gasteiger partial charge in [-0.15, -0.1) is 6.58 Å². The molecule has 4 rings (SSSR count). The van der Waals surface area contributed by atoms with Crippen molar-refractivity contribution in [2.75, 3.05) is 12.0 Å². The average Bonchev–Trinajstić information content (AvgIpc) is 2.88. The molecule has 0 unspecified atom stereocenters. The van der Waals surface area contributed by atoms with Crippen LogP contribution in [-0.2, 0) is 22.6 Å².